The number of rotatable bonds is 9. The third-order valence-corrected chi connectivity index (χ3v) is 6.92. The van der Waals surface area contributed by atoms with E-state index in [9.17, 15) is 19.5 Å². The number of ether oxygens (including phenoxy) is 1. The minimum atomic E-state index is -1.05. The summed E-state index contributed by atoms with van der Waals surface area (Å²) in [6.07, 6.45) is -0.614. The lowest BCUT2D eigenvalue weighted by molar-refractivity contribution is -0.143. The molecule has 0 aliphatic rings. The van der Waals surface area contributed by atoms with Crippen molar-refractivity contribution >= 4 is 23.6 Å². The minimum Gasteiger partial charge on any atom is -0.508 e. The van der Waals surface area contributed by atoms with Gasteiger partial charge in [-0.2, -0.15) is 0 Å². The second-order valence-electron chi connectivity index (χ2n) is 11.9. The number of carbonyl (C=O) groups is 3. The number of aryl methyl sites for hydroxylation is 3. The van der Waals surface area contributed by atoms with Gasteiger partial charge in [0.05, 0.1) is 0 Å². The van der Waals surface area contributed by atoms with E-state index in [1.165, 1.54) is 12.1 Å². The number of benzene rings is 3. The van der Waals surface area contributed by atoms with E-state index in [1.54, 1.807) is 37.8 Å². The van der Waals surface area contributed by atoms with Gasteiger partial charge in [0.2, 0.25) is 5.91 Å². The van der Waals surface area contributed by atoms with Crippen molar-refractivity contribution in [2.24, 2.45) is 0 Å². The van der Waals surface area contributed by atoms with Gasteiger partial charge < -0.3 is 25.4 Å². The first-order chi connectivity index (χ1) is 19.7. The molecule has 3 N–H and O–H groups in total. The van der Waals surface area contributed by atoms with Crippen molar-refractivity contribution in [3.05, 3.63) is 94.5 Å². The smallest absolute Gasteiger partial charge is 0.408 e. The molecule has 2 atom stereocenters. The Labute approximate surface area is 249 Å². The van der Waals surface area contributed by atoms with Gasteiger partial charge in [-0.05, 0) is 101 Å². The lowest BCUT2D eigenvalue weighted by Gasteiger charge is -2.38. The molecule has 3 amide bonds. The molecule has 8 nitrogen and oxygen atoms in total. The number of phenolic OH excluding ortho intramolecular Hbond substituents is 1. The van der Waals surface area contributed by atoms with Crippen molar-refractivity contribution in [1.29, 1.82) is 0 Å². The van der Waals surface area contributed by atoms with Crippen LogP contribution in [0.3, 0.4) is 0 Å². The first kappa shape index (κ1) is 32.2. The molecule has 3 aromatic carbocycles. The van der Waals surface area contributed by atoms with E-state index in [-0.39, 0.29) is 18.1 Å². The molecular formula is C34H43N3O5. The molecule has 0 heterocycles. The number of amides is 3. The van der Waals surface area contributed by atoms with E-state index in [0.29, 0.717) is 5.69 Å². The quantitative estimate of drug-likeness (QED) is 0.276. The van der Waals surface area contributed by atoms with Crippen molar-refractivity contribution in [2.45, 2.75) is 85.5 Å². The highest BCUT2D eigenvalue weighted by Gasteiger charge is 2.39. The minimum absolute atomic E-state index is 0.0912. The van der Waals surface area contributed by atoms with Crippen LogP contribution in [0.5, 0.6) is 5.75 Å². The summed E-state index contributed by atoms with van der Waals surface area (Å²) in [5.41, 5.74) is 3.96. The Bertz CT molecular complexity index is 1390. The fourth-order valence-corrected chi connectivity index (χ4v) is 4.95. The number of anilines is 1. The van der Waals surface area contributed by atoms with E-state index in [2.05, 4.69) is 10.6 Å². The average Bonchev–Trinajstić information content (AvgIpc) is 2.88. The molecule has 0 saturated heterocycles. The molecule has 3 rings (SSSR count). The van der Waals surface area contributed by atoms with Gasteiger partial charge in [-0.25, -0.2) is 4.79 Å². The SMILES string of the molecule is Cc1ccccc1NC(=O)C(c1c(C)cccc1C)N(C(=O)C(Cc1ccc(O)cc1)NC(=O)OC(C)(C)C)C(C)C. The van der Waals surface area contributed by atoms with Gasteiger partial charge in [-0.1, -0.05) is 48.5 Å². The highest BCUT2D eigenvalue weighted by atomic mass is 16.6. The Morgan fingerprint density at radius 3 is 1.98 bits per heavy atom. The van der Waals surface area contributed by atoms with Gasteiger partial charge >= 0.3 is 6.09 Å². The van der Waals surface area contributed by atoms with Crippen LogP contribution >= 0.6 is 0 Å². The molecule has 0 spiro atoms. The second-order valence-corrected chi connectivity index (χ2v) is 11.9. The normalized spacial score (nSPS) is 12.8. The molecule has 0 aliphatic carbocycles. The fourth-order valence-electron chi connectivity index (χ4n) is 4.95. The van der Waals surface area contributed by atoms with Crippen molar-refractivity contribution < 1.29 is 24.2 Å². The van der Waals surface area contributed by atoms with E-state index in [1.807, 2.05) is 77.1 Å². The number of hydrogen-bond donors (Lipinski definition) is 3. The number of aromatic hydroxyl groups is 1. The highest BCUT2D eigenvalue weighted by molar-refractivity contribution is 6.00. The zero-order valence-corrected chi connectivity index (χ0v) is 25.8. The van der Waals surface area contributed by atoms with Crippen LogP contribution in [0, 0.1) is 20.8 Å². The first-order valence-electron chi connectivity index (χ1n) is 14.2. The van der Waals surface area contributed by atoms with Crippen molar-refractivity contribution in [3.8, 4) is 5.75 Å². The average molecular weight is 574 g/mol. The van der Waals surface area contributed by atoms with Crippen LogP contribution in [-0.4, -0.2) is 45.6 Å². The van der Waals surface area contributed by atoms with Crippen LogP contribution in [0.25, 0.3) is 0 Å². The van der Waals surface area contributed by atoms with Crippen LogP contribution in [0.1, 0.15) is 68.5 Å². The largest absolute Gasteiger partial charge is 0.508 e. The van der Waals surface area contributed by atoms with Crippen LogP contribution in [-0.2, 0) is 20.7 Å². The molecule has 0 bridgehead atoms. The summed E-state index contributed by atoms with van der Waals surface area (Å²) in [5, 5.41) is 15.6. The van der Waals surface area contributed by atoms with Gasteiger partial charge in [0, 0.05) is 18.2 Å². The van der Waals surface area contributed by atoms with Gasteiger partial charge in [-0.3, -0.25) is 9.59 Å². The lowest BCUT2D eigenvalue weighted by atomic mass is 9.92. The Kier molecular flexibility index (Phi) is 10.4. The predicted molar refractivity (Wildman–Crippen MR) is 165 cm³/mol. The Morgan fingerprint density at radius 1 is 0.857 bits per heavy atom. The lowest BCUT2D eigenvalue weighted by Crippen LogP contribution is -2.55. The molecule has 0 aliphatic heterocycles. The zero-order chi connectivity index (χ0) is 31.2. The monoisotopic (exact) mass is 573 g/mol. The second kappa shape index (κ2) is 13.6. The van der Waals surface area contributed by atoms with Crippen LogP contribution in [0.4, 0.5) is 10.5 Å². The summed E-state index contributed by atoms with van der Waals surface area (Å²) in [7, 11) is 0. The molecule has 8 heteroatoms. The van der Waals surface area contributed by atoms with Crippen LogP contribution < -0.4 is 10.6 Å². The fraction of sp³-hybridized carbons (Fsp3) is 0.382. The van der Waals surface area contributed by atoms with Gasteiger partial charge in [0.25, 0.3) is 5.91 Å². The molecule has 0 aromatic heterocycles. The van der Waals surface area contributed by atoms with Gasteiger partial charge in [0.15, 0.2) is 0 Å². The topological polar surface area (TPSA) is 108 Å². The van der Waals surface area contributed by atoms with E-state index >= 15 is 0 Å². The summed E-state index contributed by atoms with van der Waals surface area (Å²) in [5.74, 6) is -0.700. The Morgan fingerprint density at radius 2 is 1.43 bits per heavy atom. The Balaban J connectivity index is 2.11. The van der Waals surface area contributed by atoms with Crippen LogP contribution in [0.2, 0.25) is 0 Å². The molecule has 224 valence electrons. The number of phenols is 1. The maximum Gasteiger partial charge on any atom is 0.408 e. The predicted octanol–water partition coefficient (Wildman–Crippen LogP) is 6.37. The zero-order valence-electron chi connectivity index (χ0n) is 25.8. The molecule has 2 unspecified atom stereocenters. The van der Waals surface area contributed by atoms with E-state index in [4.69, 9.17) is 4.74 Å². The summed E-state index contributed by atoms with van der Waals surface area (Å²) in [6.45, 7) is 14.7. The maximum atomic E-state index is 14.5. The molecule has 42 heavy (non-hydrogen) atoms. The van der Waals surface area contributed by atoms with Crippen LogP contribution in [0.15, 0.2) is 66.7 Å². The number of carbonyl (C=O) groups excluding carboxylic acids is 3. The molecule has 0 radical (unpaired) electrons. The summed E-state index contributed by atoms with van der Waals surface area (Å²) in [4.78, 5) is 43.2. The van der Waals surface area contributed by atoms with Gasteiger partial charge in [0.1, 0.15) is 23.4 Å². The summed E-state index contributed by atoms with van der Waals surface area (Å²) < 4.78 is 5.50. The first-order valence-corrected chi connectivity index (χ1v) is 14.2. The number of alkyl carbamates (subject to hydrolysis) is 1. The van der Waals surface area contributed by atoms with Crippen molar-refractivity contribution in [1.82, 2.24) is 10.2 Å². The number of para-hydroxylation sites is 1. The third-order valence-electron chi connectivity index (χ3n) is 6.92. The van der Waals surface area contributed by atoms with E-state index < -0.39 is 35.7 Å². The van der Waals surface area contributed by atoms with Gasteiger partial charge in [-0.15, -0.1) is 0 Å². The highest BCUT2D eigenvalue weighted by Crippen LogP contribution is 2.32. The number of hydrogen-bond acceptors (Lipinski definition) is 5. The summed E-state index contributed by atoms with van der Waals surface area (Å²) >= 11 is 0. The number of nitrogens with zero attached hydrogens (tertiary/aromatic N) is 1. The van der Waals surface area contributed by atoms with E-state index in [0.717, 1.165) is 27.8 Å². The van der Waals surface area contributed by atoms with Crippen molar-refractivity contribution in [2.75, 3.05) is 5.32 Å². The van der Waals surface area contributed by atoms with Crippen molar-refractivity contribution in [3.63, 3.8) is 0 Å². The Hall–Kier alpha value is -4.33. The molecular weight excluding hydrogens is 530 g/mol. The standard InChI is InChI=1S/C34H43N3O5/c1-21(2)37(32(40)28(36-33(41)42-34(6,7)8)20-25-16-18-26(38)19-17-25)30(29-23(4)13-11-14-24(29)5)31(39)35-27-15-10-9-12-22(27)3/h9-19,21,28,30,38H,20H2,1-8H3,(H,35,39)(H,36,41). The molecule has 0 fully saturated rings. The number of nitrogens with one attached hydrogen (secondary N) is 2. The third kappa shape index (κ3) is 8.35. The maximum absolute atomic E-state index is 14.5. The summed E-state index contributed by atoms with van der Waals surface area (Å²) in [6, 6.07) is 17.2. The molecule has 0 saturated carbocycles. The molecule has 3 aromatic rings.